The summed E-state index contributed by atoms with van der Waals surface area (Å²) in [6, 6.07) is 10.8. The van der Waals surface area contributed by atoms with E-state index in [1.54, 1.807) is 18.3 Å². The second-order valence-corrected chi connectivity index (χ2v) is 7.68. The van der Waals surface area contributed by atoms with Crippen molar-refractivity contribution in [2.75, 3.05) is 5.32 Å². The Bertz CT molecular complexity index is 1240. The molecule has 0 unspecified atom stereocenters. The maximum atomic E-state index is 11.1. The minimum absolute atomic E-state index is 0.0875. The molecule has 0 spiro atoms. The Hall–Kier alpha value is -3.85. The van der Waals surface area contributed by atoms with Crippen LogP contribution in [0.5, 0.6) is 10.8 Å². The lowest BCUT2D eigenvalue weighted by molar-refractivity contribution is 0.0696. The van der Waals surface area contributed by atoms with E-state index in [4.69, 9.17) is 9.84 Å². The van der Waals surface area contributed by atoms with Gasteiger partial charge in [-0.3, -0.25) is 9.97 Å². The summed E-state index contributed by atoms with van der Waals surface area (Å²) in [4.78, 5) is 28.6. The lowest BCUT2D eigenvalue weighted by Crippen LogP contribution is -2.00. The number of pyridine rings is 3. The Morgan fingerprint density at radius 2 is 2.06 bits per heavy atom. The third-order valence-corrected chi connectivity index (χ3v) is 5.35. The number of aryl methyl sites for hydroxylation is 2. The number of anilines is 2. The number of ether oxygens (including phenoxy) is 1. The normalized spacial score (nSPS) is 10.6. The zero-order valence-electron chi connectivity index (χ0n) is 16.9. The number of aromatic nitrogens is 4. The number of carboxylic acids is 1. The molecule has 0 saturated carbocycles. The first kappa shape index (κ1) is 20.4. The Labute approximate surface area is 182 Å². The van der Waals surface area contributed by atoms with Crippen LogP contribution >= 0.6 is 11.3 Å². The van der Waals surface area contributed by atoms with Gasteiger partial charge in [-0.25, -0.2) is 14.8 Å². The molecule has 0 aliphatic heterocycles. The first-order chi connectivity index (χ1) is 15.0. The number of carboxylic acid groups (broad SMARTS) is 1. The van der Waals surface area contributed by atoms with E-state index in [-0.39, 0.29) is 5.56 Å². The predicted molar refractivity (Wildman–Crippen MR) is 118 cm³/mol. The molecule has 31 heavy (non-hydrogen) atoms. The molecule has 0 fully saturated rings. The summed E-state index contributed by atoms with van der Waals surface area (Å²) in [5, 5.41) is 13.8. The van der Waals surface area contributed by atoms with Gasteiger partial charge in [-0.2, -0.15) is 0 Å². The lowest BCUT2D eigenvalue weighted by Gasteiger charge is -2.09. The van der Waals surface area contributed by atoms with Crippen molar-refractivity contribution >= 4 is 28.8 Å². The molecule has 4 aromatic rings. The van der Waals surface area contributed by atoms with E-state index < -0.39 is 5.97 Å². The molecule has 156 valence electrons. The van der Waals surface area contributed by atoms with Gasteiger partial charge in [0.15, 0.2) is 0 Å². The molecule has 9 heteroatoms. The topological polar surface area (TPSA) is 110 Å². The van der Waals surface area contributed by atoms with Crippen LogP contribution in [0, 0.1) is 6.92 Å². The van der Waals surface area contributed by atoms with E-state index in [2.05, 4.69) is 25.3 Å². The second kappa shape index (κ2) is 8.88. The molecular weight excluding hydrogens is 414 g/mol. The highest BCUT2D eigenvalue weighted by molar-refractivity contribution is 7.14. The summed E-state index contributed by atoms with van der Waals surface area (Å²) in [5.74, 6) is 0.0211. The summed E-state index contributed by atoms with van der Waals surface area (Å²) in [6.07, 6.45) is 5.22. The molecule has 0 saturated heterocycles. The fourth-order valence-corrected chi connectivity index (χ4v) is 3.71. The van der Waals surface area contributed by atoms with Gasteiger partial charge in [0, 0.05) is 24.2 Å². The fraction of sp³-hybridized carbons (Fsp3) is 0.136. The van der Waals surface area contributed by atoms with Crippen molar-refractivity contribution in [2.24, 2.45) is 0 Å². The summed E-state index contributed by atoms with van der Waals surface area (Å²) in [6.45, 7) is 3.98. The Kier molecular flexibility index (Phi) is 5.85. The van der Waals surface area contributed by atoms with E-state index in [0.29, 0.717) is 28.0 Å². The number of hydrogen-bond acceptors (Lipinski definition) is 8. The van der Waals surface area contributed by atoms with E-state index in [9.17, 15) is 4.79 Å². The monoisotopic (exact) mass is 433 g/mol. The SMILES string of the molecule is CCc1nc(-c2cccc(C)n2)c(Oc2ccnc(Nc3cncc(C(=O)O)c3)c2)s1. The van der Waals surface area contributed by atoms with E-state index >= 15 is 0 Å². The highest BCUT2D eigenvalue weighted by atomic mass is 32.1. The zero-order valence-corrected chi connectivity index (χ0v) is 17.7. The summed E-state index contributed by atoms with van der Waals surface area (Å²) in [7, 11) is 0. The Morgan fingerprint density at radius 1 is 1.19 bits per heavy atom. The average Bonchev–Trinajstić information content (AvgIpc) is 3.17. The number of aromatic carboxylic acids is 1. The number of carbonyl (C=O) groups is 1. The van der Waals surface area contributed by atoms with Crippen molar-refractivity contribution in [1.29, 1.82) is 0 Å². The molecule has 0 aliphatic carbocycles. The molecule has 4 aromatic heterocycles. The molecule has 0 bridgehead atoms. The number of nitrogens with zero attached hydrogens (tertiary/aromatic N) is 4. The van der Waals surface area contributed by atoms with Gasteiger partial charge in [0.2, 0.25) is 5.06 Å². The van der Waals surface area contributed by atoms with Gasteiger partial charge in [0.1, 0.15) is 17.3 Å². The van der Waals surface area contributed by atoms with Crippen LogP contribution in [0.1, 0.15) is 28.0 Å². The maximum Gasteiger partial charge on any atom is 0.337 e. The number of rotatable bonds is 7. The van der Waals surface area contributed by atoms with Crippen molar-refractivity contribution in [1.82, 2.24) is 19.9 Å². The third kappa shape index (κ3) is 4.84. The quantitative estimate of drug-likeness (QED) is 0.414. The highest BCUT2D eigenvalue weighted by Gasteiger charge is 2.16. The van der Waals surface area contributed by atoms with Gasteiger partial charge in [-0.05, 0) is 37.6 Å². The second-order valence-electron chi connectivity index (χ2n) is 6.63. The van der Waals surface area contributed by atoms with Gasteiger partial charge in [0.25, 0.3) is 0 Å². The molecule has 0 radical (unpaired) electrons. The molecule has 8 nitrogen and oxygen atoms in total. The molecule has 4 heterocycles. The van der Waals surface area contributed by atoms with Crippen molar-refractivity contribution < 1.29 is 14.6 Å². The molecule has 2 N–H and O–H groups in total. The minimum Gasteiger partial charge on any atom is -0.478 e. The molecule has 0 amide bonds. The van der Waals surface area contributed by atoms with E-state index in [1.807, 2.05) is 32.0 Å². The standard InChI is InChI=1S/C22H19N5O3S/c1-3-19-27-20(17-6-4-5-13(2)25-17)22(31-19)30-16-7-8-24-18(10-16)26-15-9-14(21(28)29)11-23-12-15/h4-12H,3H2,1-2H3,(H,24,26)(H,28,29). The van der Waals surface area contributed by atoms with E-state index in [1.165, 1.54) is 29.8 Å². The Balaban J connectivity index is 1.60. The molecule has 4 rings (SSSR count). The van der Waals surface area contributed by atoms with Gasteiger partial charge in [-0.1, -0.05) is 24.3 Å². The van der Waals surface area contributed by atoms with Crippen molar-refractivity contribution in [3.63, 3.8) is 0 Å². The summed E-state index contributed by atoms with van der Waals surface area (Å²) < 4.78 is 6.15. The Morgan fingerprint density at radius 3 is 2.84 bits per heavy atom. The average molecular weight is 433 g/mol. The largest absolute Gasteiger partial charge is 0.478 e. The van der Waals surface area contributed by atoms with Gasteiger partial charge >= 0.3 is 5.97 Å². The summed E-state index contributed by atoms with van der Waals surface area (Å²) >= 11 is 1.48. The number of thiazole rings is 1. The molecular formula is C22H19N5O3S. The zero-order chi connectivity index (χ0) is 21.8. The number of nitrogens with one attached hydrogen (secondary N) is 1. The third-order valence-electron chi connectivity index (χ3n) is 4.27. The molecule has 0 aliphatic rings. The van der Waals surface area contributed by atoms with Gasteiger partial charge in [0.05, 0.1) is 28.1 Å². The van der Waals surface area contributed by atoms with Gasteiger partial charge in [-0.15, -0.1) is 0 Å². The number of hydrogen-bond donors (Lipinski definition) is 2. The van der Waals surface area contributed by atoms with Crippen molar-refractivity contribution in [3.8, 4) is 22.2 Å². The van der Waals surface area contributed by atoms with Crippen LogP contribution in [0.3, 0.4) is 0 Å². The van der Waals surface area contributed by atoms with E-state index in [0.717, 1.165) is 22.8 Å². The van der Waals surface area contributed by atoms with Gasteiger partial charge < -0.3 is 15.2 Å². The fourth-order valence-electron chi connectivity index (χ4n) is 2.83. The molecule has 0 aromatic carbocycles. The lowest BCUT2D eigenvalue weighted by atomic mass is 10.2. The first-order valence-electron chi connectivity index (χ1n) is 9.55. The van der Waals surface area contributed by atoms with Crippen LogP contribution in [-0.4, -0.2) is 31.0 Å². The van der Waals surface area contributed by atoms with Crippen molar-refractivity contribution in [3.05, 3.63) is 71.3 Å². The smallest absolute Gasteiger partial charge is 0.337 e. The molecule has 0 atom stereocenters. The van der Waals surface area contributed by atoms with Crippen LogP contribution in [0.2, 0.25) is 0 Å². The van der Waals surface area contributed by atoms with Crippen molar-refractivity contribution in [2.45, 2.75) is 20.3 Å². The summed E-state index contributed by atoms with van der Waals surface area (Å²) in [5.41, 5.74) is 2.97. The minimum atomic E-state index is -1.05. The van der Waals surface area contributed by atoms with Crippen LogP contribution in [0.15, 0.2) is 55.0 Å². The maximum absolute atomic E-state index is 11.1. The predicted octanol–water partition coefficient (Wildman–Crippen LogP) is 5.10. The van der Waals surface area contributed by atoms with Crippen LogP contribution < -0.4 is 10.1 Å². The van der Waals surface area contributed by atoms with Crippen LogP contribution in [0.25, 0.3) is 11.4 Å². The van der Waals surface area contributed by atoms with Crippen LogP contribution in [-0.2, 0) is 6.42 Å². The first-order valence-corrected chi connectivity index (χ1v) is 10.4. The highest BCUT2D eigenvalue weighted by Crippen LogP contribution is 2.38. The van der Waals surface area contributed by atoms with Crippen LogP contribution in [0.4, 0.5) is 11.5 Å².